The molecule has 0 aliphatic heterocycles. The van der Waals surface area contributed by atoms with Crippen LogP contribution in [0.4, 0.5) is 0 Å². The molecule has 0 aromatic carbocycles. The van der Waals surface area contributed by atoms with Crippen molar-refractivity contribution in [3.63, 3.8) is 0 Å². The minimum Gasteiger partial charge on any atom is -0.493 e. The van der Waals surface area contributed by atoms with Gasteiger partial charge in [0.25, 0.3) is 0 Å². The summed E-state index contributed by atoms with van der Waals surface area (Å²) >= 11 is 0. The van der Waals surface area contributed by atoms with Gasteiger partial charge < -0.3 is 4.74 Å². The van der Waals surface area contributed by atoms with E-state index in [1.807, 2.05) is 7.05 Å². The zero-order chi connectivity index (χ0) is 10.1. The van der Waals surface area contributed by atoms with Gasteiger partial charge >= 0.3 is 0 Å². The SMILES string of the molecule is COc1cnn(C)c1C1=CC(=O)CC1. The van der Waals surface area contributed by atoms with Gasteiger partial charge in [0.1, 0.15) is 5.69 Å². The van der Waals surface area contributed by atoms with Gasteiger partial charge in [-0.3, -0.25) is 9.48 Å². The van der Waals surface area contributed by atoms with Crippen molar-refractivity contribution in [3.05, 3.63) is 18.0 Å². The van der Waals surface area contributed by atoms with Crippen LogP contribution in [0.25, 0.3) is 5.57 Å². The summed E-state index contributed by atoms with van der Waals surface area (Å²) in [5.41, 5.74) is 1.94. The quantitative estimate of drug-likeness (QED) is 0.706. The molecular formula is C10H12N2O2. The van der Waals surface area contributed by atoms with E-state index in [0.717, 1.165) is 23.4 Å². The number of hydrogen-bond acceptors (Lipinski definition) is 3. The van der Waals surface area contributed by atoms with E-state index in [1.54, 1.807) is 24.1 Å². The Morgan fingerprint density at radius 1 is 1.50 bits per heavy atom. The Labute approximate surface area is 82.2 Å². The molecule has 1 aromatic heterocycles. The van der Waals surface area contributed by atoms with Crippen molar-refractivity contribution in [1.29, 1.82) is 0 Å². The van der Waals surface area contributed by atoms with Crippen LogP contribution < -0.4 is 4.74 Å². The Morgan fingerprint density at radius 3 is 2.86 bits per heavy atom. The number of ketones is 1. The number of allylic oxidation sites excluding steroid dienone is 2. The van der Waals surface area contributed by atoms with E-state index in [9.17, 15) is 4.79 Å². The first-order chi connectivity index (χ1) is 6.72. The molecule has 0 amide bonds. The number of nitrogens with zero attached hydrogens (tertiary/aromatic N) is 2. The molecule has 1 heterocycles. The number of methoxy groups -OCH3 is 1. The molecule has 0 unspecified atom stereocenters. The highest BCUT2D eigenvalue weighted by Gasteiger charge is 2.19. The Morgan fingerprint density at radius 2 is 2.29 bits per heavy atom. The van der Waals surface area contributed by atoms with Gasteiger partial charge in [0, 0.05) is 13.5 Å². The predicted molar refractivity (Wildman–Crippen MR) is 52.0 cm³/mol. The molecule has 0 saturated heterocycles. The highest BCUT2D eigenvalue weighted by Crippen LogP contribution is 2.31. The molecule has 0 radical (unpaired) electrons. The molecule has 4 nitrogen and oxygen atoms in total. The van der Waals surface area contributed by atoms with Crippen molar-refractivity contribution in [2.24, 2.45) is 7.05 Å². The molecule has 0 fully saturated rings. The third-order valence-corrected chi connectivity index (χ3v) is 2.41. The fourth-order valence-corrected chi connectivity index (χ4v) is 1.72. The molecule has 0 saturated carbocycles. The molecule has 1 aliphatic carbocycles. The lowest BCUT2D eigenvalue weighted by molar-refractivity contribution is -0.114. The van der Waals surface area contributed by atoms with Crippen LogP contribution in [-0.2, 0) is 11.8 Å². The van der Waals surface area contributed by atoms with Gasteiger partial charge in [-0.05, 0) is 18.1 Å². The maximum atomic E-state index is 11.1. The molecule has 1 aliphatic rings. The molecule has 14 heavy (non-hydrogen) atoms. The summed E-state index contributed by atoms with van der Waals surface area (Å²) in [5, 5.41) is 4.10. The predicted octanol–water partition coefficient (Wildman–Crippen LogP) is 1.18. The van der Waals surface area contributed by atoms with E-state index in [2.05, 4.69) is 5.10 Å². The number of hydrogen-bond donors (Lipinski definition) is 0. The van der Waals surface area contributed by atoms with Crippen molar-refractivity contribution in [2.75, 3.05) is 7.11 Å². The molecule has 4 heteroatoms. The van der Waals surface area contributed by atoms with Gasteiger partial charge in [-0.25, -0.2) is 0 Å². The maximum absolute atomic E-state index is 11.1. The van der Waals surface area contributed by atoms with E-state index < -0.39 is 0 Å². The number of carbonyl (C=O) groups excluding carboxylic acids is 1. The minimum absolute atomic E-state index is 0.184. The van der Waals surface area contributed by atoms with Crippen LogP contribution in [0.5, 0.6) is 5.75 Å². The largest absolute Gasteiger partial charge is 0.493 e. The van der Waals surface area contributed by atoms with E-state index in [4.69, 9.17) is 4.74 Å². The average Bonchev–Trinajstić information content (AvgIpc) is 2.71. The Balaban J connectivity index is 2.44. The van der Waals surface area contributed by atoms with Crippen LogP contribution in [-0.4, -0.2) is 22.7 Å². The minimum atomic E-state index is 0.184. The lowest BCUT2D eigenvalue weighted by Gasteiger charge is -2.04. The Hall–Kier alpha value is -1.58. The fourth-order valence-electron chi connectivity index (χ4n) is 1.72. The van der Waals surface area contributed by atoms with E-state index in [-0.39, 0.29) is 5.78 Å². The topological polar surface area (TPSA) is 44.1 Å². The van der Waals surface area contributed by atoms with Crippen molar-refractivity contribution >= 4 is 11.4 Å². The van der Waals surface area contributed by atoms with Gasteiger partial charge in [-0.15, -0.1) is 0 Å². The number of aryl methyl sites for hydroxylation is 1. The molecule has 74 valence electrons. The van der Waals surface area contributed by atoms with Gasteiger partial charge in [0.2, 0.25) is 0 Å². The number of carbonyl (C=O) groups is 1. The molecule has 0 N–H and O–H groups in total. The average molecular weight is 192 g/mol. The smallest absolute Gasteiger partial charge is 0.164 e. The highest BCUT2D eigenvalue weighted by atomic mass is 16.5. The summed E-state index contributed by atoms with van der Waals surface area (Å²) in [6.45, 7) is 0. The Kier molecular flexibility index (Phi) is 2.11. The second kappa shape index (κ2) is 3.29. The summed E-state index contributed by atoms with van der Waals surface area (Å²) < 4.78 is 6.92. The van der Waals surface area contributed by atoms with Crippen molar-refractivity contribution in [1.82, 2.24) is 9.78 Å². The van der Waals surface area contributed by atoms with Crippen LogP contribution in [0.3, 0.4) is 0 Å². The number of rotatable bonds is 2. The molecule has 0 atom stereocenters. The summed E-state index contributed by atoms with van der Waals surface area (Å²) in [6, 6.07) is 0. The van der Waals surface area contributed by atoms with Crippen molar-refractivity contribution in [2.45, 2.75) is 12.8 Å². The van der Waals surface area contributed by atoms with Crippen LogP contribution in [0.2, 0.25) is 0 Å². The van der Waals surface area contributed by atoms with E-state index >= 15 is 0 Å². The lowest BCUT2D eigenvalue weighted by atomic mass is 10.1. The summed E-state index contributed by atoms with van der Waals surface area (Å²) in [5.74, 6) is 0.914. The zero-order valence-electron chi connectivity index (χ0n) is 8.28. The van der Waals surface area contributed by atoms with Gasteiger partial charge in [0.15, 0.2) is 11.5 Å². The third-order valence-electron chi connectivity index (χ3n) is 2.41. The lowest BCUT2D eigenvalue weighted by Crippen LogP contribution is -1.97. The van der Waals surface area contributed by atoms with Crippen LogP contribution in [0.15, 0.2) is 12.3 Å². The first-order valence-electron chi connectivity index (χ1n) is 4.52. The highest BCUT2D eigenvalue weighted by molar-refractivity contribution is 6.01. The van der Waals surface area contributed by atoms with Crippen LogP contribution >= 0.6 is 0 Å². The van der Waals surface area contributed by atoms with E-state index in [0.29, 0.717) is 6.42 Å². The molecule has 0 bridgehead atoms. The van der Waals surface area contributed by atoms with Crippen LogP contribution in [0.1, 0.15) is 18.5 Å². The van der Waals surface area contributed by atoms with Gasteiger partial charge in [0.05, 0.1) is 13.3 Å². The normalized spacial score (nSPS) is 15.9. The molecule has 1 aromatic rings. The molecule has 2 rings (SSSR count). The van der Waals surface area contributed by atoms with Gasteiger partial charge in [-0.2, -0.15) is 5.10 Å². The second-order valence-corrected chi connectivity index (χ2v) is 3.32. The summed E-state index contributed by atoms with van der Waals surface area (Å²) in [6.07, 6.45) is 4.73. The zero-order valence-corrected chi connectivity index (χ0v) is 8.28. The second-order valence-electron chi connectivity index (χ2n) is 3.32. The third kappa shape index (κ3) is 1.32. The van der Waals surface area contributed by atoms with Crippen molar-refractivity contribution in [3.8, 4) is 5.75 Å². The molecule has 0 spiro atoms. The van der Waals surface area contributed by atoms with E-state index in [1.165, 1.54) is 0 Å². The van der Waals surface area contributed by atoms with Crippen LogP contribution in [0, 0.1) is 0 Å². The first-order valence-corrected chi connectivity index (χ1v) is 4.52. The molecular weight excluding hydrogens is 180 g/mol. The number of ether oxygens (including phenoxy) is 1. The number of aromatic nitrogens is 2. The first kappa shape index (κ1) is 8.99. The van der Waals surface area contributed by atoms with Gasteiger partial charge in [-0.1, -0.05) is 0 Å². The standard InChI is InChI=1S/C10H12N2O2/c1-12-10(9(14-2)6-11-12)7-3-4-8(13)5-7/h5-6H,3-4H2,1-2H3. The monoisotopic (exact) mass is 192 g/mol. The van der Waals surface area contributed by atoms with Crippen molar-refractivity contribution < 1.29 is 9.53 Å². The fraction of sp³-hybridized carbons (Fsp3) is 0.400. The summed E-state index contributed by atoms with van der Waals surface area (Å²) in [4.78, 5) is 11.1. The maximum Gasteiger partial charge on any atom is 0.164 e. The summed E-state index contributed by atoms with van der Waals surface area (Å²) in [7, 11) is 3.46. The Bertz CT molecular complexity index is 404.